The molecule has 1 aromatic heterocycles. The summed E-state index contributed by atoms with van der Waals surface area (Å²) in [5.74, 6) is 0.103. The van der Waals surface area contributed by atoms with Crippen molar-refractivity contribution in [2.45, 2.75) is 26.8 Å². The third-order valence-electron chi connectivity index (χ3n) is 2.17. The van der Waals surface area contributed by atoms with E-state index in [1.54, 1.807) is 12.3 Å². The SMILES string of the molecule is CCNC(c1ncccc1F)C(C)C. The van der Waals surface area contributed by atoms with E-state index >= 15 is 0 Å². The first kappa shape index (κ1) is 11.1. The molecule has 0 fully saturated rings. The fraction of sp³-hybridized carbons (Fsp3) is 0.545. The van der Waals surface area contributed by atoms with Crippen LogP contribution in [-0.4, -0.2) is 11.5 Å². The number of nitrogens with one attached hydrogen (secondary N) is 1. The average molecular weight is 196 g/mol. The van der Waals surface area contributed by atoms with Gasteiger partial charge in [-0.25, -0.2) is 4.39 Å². The Labute approximate surface area is 84.6 Å². The molecule has 1 N–H and O–H groups in total. The lowest BCUT2D eigenvalue weighted by molar-refractivity contribution is 0.395. The monoisotopic (exact) mass is 196 g/mol. The highest BCUT2D eigenvalue weighted by atomic mass is 19.1. The van der Waals surface area contributed by atoms with Crippen LogP contribution in [0.1, 0.15) is 32.5 Å². The standard InChI is InChI=1S/C11H17FN2/c1-4-13-10(8(2)3)11-9(12)6-5-7-14-11/h5-8,10,13H,4H2,1-3H3. The maximum atomic E-state index is 13.4. The minimum absolute atomic E-state index is 0.00111. The van der Waals surface area contributed by atoms with Gasteiger partial charge in [-0.15, -0.1) is 0 Å². The first-order valence-corrected chi connectivity index (χ1v) is 5.00. The molecule has 1 aromatic rings. The summed E-state index contributed by atoms with van der Waals surface area (Å²) in [7, 11) is 0. The van der Waals surface area contributed by atoms with Crippen LogP contribution in [-0.2, 0) is 0 Å². The minimum atomic E-state index is -0.229. The van der Waals surface area contributed by atoms with Crippen LogP contribution in [0.4, 0.5) is 4.39 Å². The molecular weight excluding hydrogens is 179 g/mol. The molecule has 0 aromatic carbocycles. The maximum Gasteiger partial charge on any atom is 0.146 e. The van der Waals surface area contributed by atoms with E-state index < -0.39 is 0 Å². The van der Waals surface area contributed by atoms with Crippen molar-refractivity contribution in [1.29, 1.82) is 0 Å². The van der Waals surface area contributed by atoms with Crippen LogP contribution in [0, 0.1) is 11.7 Å². The Hall–Kier alpha value is -0.960. The molecule has 0 bridgehead atoms. The number of aromatic nitrogens is 1. The minimum Gasteiger partial charge on any atom is -0.309 e. The lowest BCUT2D eigenvalue weighted by Gasteiger charge is -2.21. The zero-order chi connectivity index (χ0) is 10.6. The number of rotatable bonds is 4. The summed E-state index contributed by atoms with van der Waals surface area (Å²) in [6, 6.07) is 3.07. The second kappa shape index (κ2) is 5.05. The zero-order valence-electron chi connectivity index (χ0n) is 8.92. The predicted octanol–water partition coefficient (Wildman–Crippen LogP) is 2.53. The molecule has 0 saturated heterocycles. The average Bonchev–Trinajstić information content (AvgIpc) is 2.15. The van der Waals surface area contributed by atoms with Gasteiger partial charge in [0.05, 0.1) is 11.7 Å². The molecule has 1 heterocycles. The van der Waals surface area contributed by atoms with E-state index in [9.17, 15) is 4.39 Å². The van der Waals surface area contributed by atoms with Gasteiger partial charge in [-0.05, 0) is 24.6 Å². The summed E-state index contributed by atoms with van der Waals surface area (Å²) < 4.78 is 13.4. The topological polar surface area (TPSA) is 24.9 Å². The Kier molecular flexibility index (Phi) is 4.01. The summed E-state index contributed by atoms with van der Waals surface area (Å²) >= 11 is 0. The number of nitrogens with zero attached hydrogens (tertiary/aromatic N) is 1. The fourth-order valence-corrected chi connectivity index (χ4v) is 1.49. The Morgan fingerprint density at radius 2 is 2.21 bits per heavy atom. The van der Waals surface area contributed by atoms with E-state index in [1.165, 1.54) is 6.07 Å². The van der Waals surface area contributed by atoms with Gasteiger partial charge in [0.2, 0.25) is 0 Å². The predicted molar refractivity (Wildman–Crippen MR) is 55.5 cm³/mol. The smallest absolute Gasteiger partial charge is 0.146 e. The fourth-order valence-electron chi connectivity index (χ4n) is 1.49. The Balaban J connectivity index is 2.93. The first-order valence-electron chi connectivity index (χ1n) is 5.00. The highest BCUT2D eigenvalue weighted by molar-refractivity contribution is 5.12. The Morgan fingerprint density at radius 1 is 1.50 bits per heavy atom. The molecule has 3 heteroatoms. The zero-order valence-corrected chi connectivity index (χ0v) is 8.92. The molecule has 0 aliphatic heterocycles. The number of pyridine rings is 1. The van der Waals surface area contributed by atoms with Crippen molar-refractivity contribution in [3.8, 4) is 0 Å². The third-order valence-corrected chi connectivity index (χ3v) is 2.17. The van der Waals surface area contributed by atoms with Crippen LogP contribution >= 0.6 is 0 Å². The molecule has 0 aliphatic carbocycles. The van der Waals surface area contributed by atoms with Gasteiger partial charge in [0.15, 0.2) is 0 Å². The molecule has 14 heavy (non-hydrogen) atoms. The number of hydrogen-bond donors (Lipinski definition) is 1. The van der Waals surface area contributed by atoms with Gasteiger partial charge in [-0.2, -0.15) is 0 Å². The van der Waals surface area contributed by atoms with Crippen LogP contribution < -0.4 is 5.32 Å². The molecule has 1 unspecified atom stereocenters. The van der Waals surface area contributed by atoms with E-state index in [2.05, 4.69) is 24.1 Å². The Bertz CT molecular complexity index is 286. The van der Waals surface area contributed by atoms with E-state index in [0.717, 1.165) is 6.54 Å². The Morgan fingerprint density at radius 3 is 2.71 bits per heavy atom. The van der Waals surface area contributed by atoms with Crippen LogP contribution in [0.2, 0.25) is 0 Å². The summed E-state index contributed by atoms with van der Waals surface area (Å²) in [6.45, 7) is 6.94. The molecule has 1 rings (SSSR count). The van der Waals surface area contributed by atoms with E-state index in [4.69, 9.17) is 0 Å². The summed E-state index contributed by atoms with van der Waals surface area (Å²) in [5, 5.41) is 3.24. The van der Waals surface area contributed by atoms with E-state index in [0.29, 0.717) is 11.6 Å². The molecule has 0 radical (unpaired) electrons. The molecule has 2 nitrogen and oxygen atoms in total. The van der Waals surface area contributed by atoms with E-state index in [1.807, 2.05) is 6.92 Å². The second-order valence-corrected chi connectivity index (χ2v) is 3.65. The normalized spacial score (nSPS) is 13.2. The van der Waals surface area contributed by atoms with Gasteiger partial charge in [0.25, 0.3) is 0 Å². The van der Waals surface area contributed by atoms with Crippen molar-refractivity contribution < 1.29 is 4.39 Å². The summed E-state index contributed by atoms with van der Waals surface area (Å²) in [5.41, 5.74) is 0.518. The van der Waals surface area contributed by atoms with Gasteiger partial charge >= 0.3 is 0 Å². The lowest BCUT2D eigenvalue weighted by Crippen LogP contribution is -2.27. The summed E-state index contributed by atoms with van der Waals surface area (Å²) in [4.78, 5) is 4.08. The maximum absolute atomic E-state index is 13.4. The molecule has 0 spiro atoms. The van der Waals surface area contributed by atoms with Gasteiger partial charge in [0, 0.05) is 6.20 Å². The van der Waals surface area contributed by atoms with Gasteiger partial charge < -0.3 is 5.32 Å². The van der Waals surface area contributed by atoms with Crippen molar-refractivity contribution in [3.63, 3.8) is 0 Å². The van der Waals surface area contributed by atoms with Crippen LogP contribution in [0.3, 0.4) is 0 Å². The third kappa shape index (κ3) is 2.51. The second-order valence-electron chi connectivity index (χ2n) is 3.65. The molecule has 0 saturated carbocycles. The number of hydrogen-bond acceptors (Lipinski definition) is 2. The van der Waals surface area contributed by atoms with Gasteiger partial charge in [-0.3, -0.25) is 4.98 Å². The van der Waals surface area contributed by atoms with Crippen molar-refractivity contribution in [2.75, 3.05) is 6.54 Å². The number of halogens is 1. The van der Waals surface area contributed by atoms with Gasteiger partial charge in [0.1, 0.15) is 5.82 Å². The first-order chi connectivity index (χ1) is 6.66. The quantitative estimate of drug-likeness (QED) is 0.800. The van der Waals surface area contributed by atoms with Gasteiger partial charge in [-0.1, -0.05) is 20.8 Å². The van der Waals surface area contributed by atoms with Crippen molar-refractivity contribution in [3.05, 3.63) is 29.8 Å². The molecular formula is C11H17FN2. The highest BCUT2D eigenvalue weighted by Gasteiger charge is 2.18. The van der Waals surface area contributed by atoms with E-state index in [-0.39, 0.29) is 11.9 Å². The van der Waals surface area contributed by atoms with Crippen LogP contribution in [0.5, 0.6) is 0 Å². The van der Waals surface area contributed by atoms with Crippen LogP contribution in [0.15, 0.2) is 18.3 Å². The lowest BCUT2D eigenvalue weighted by atomic mass is 10.00. The largest absolute Gasteiger partial charge is 0.309 e. The van der Waals surface area contributed by atoms with Crippen LogP contribution in [0.25, 0.3) is 0 Å². The molecule has 1 atom stereocenters. The summed E-state index contributed by atoms with van der Waals surface area (Å²) in [6.07, 6.45) is 1.63. The molecule has 78 valence electrons. The highest BCUT2D eigenvalue weighted by Crippen LogP contribution is 2.21. The van der Waals surface area contributed by atoms with Crippen molar-refractivity contribution in [2.24, 2.45) is 5.92 Å². The van der Waals surface area contributed by atoms with Crippen molar-refractivity contribution in [1.82, 2.24) is 10.3 Å². The molecule has 0 aliphatic rings. The molecule has 0 amide bonds. The van der Waals surface area contributed by atoms with Crippen molar-refractivity contribution >= 4 is 0 Å².